The molecule has 0 amide bonds. The fourth-order valence-electron chi connectivity index (χ4n) is 2.11. The van der Waals surface area contributed by atoms with Gasteiger partial charge >= 0.3 is 0 Å². The van der Waals surface area contributed by atoms with Gasteiger partial charge < -0.3 is 14.8 Å². The molecule has 3 heteroatoms. The van der Waals surface area contributed by atoms with Gasteiger partial charge in [0.2, 0.25) is 0 Å². The van der Waals surface area contributed by atoms with Gasteiger partial charge in [0.05, 0.1) is 7.11 Å². The van der Waals surface area contributed by atoms with E-state index >= 15 is 0 Å². The van der Waals surface area contributed by atoms with E-state index in [-0.39, 0.29) is 0 Å². The molecular formula is C19H23NO2. The predicted molar refractivity (Wildman–Crippen MR) is 90.4 cm³/mol. The van der Waals surface area contributed by atoms with Crippen molar-refractivity contribution < 1.29 is 9.47 Å². The van der Waals surface area contributed by atoms with Crippen molar-refractivity contribution in [2.24, 2.45) is 0 Å². The number of rotatable bonds is 8. The van der Waals surface area contributed by atoms with Gasteiger partial charge in [-0.1, -0.05) is 42.0 Å². The maximum absolute atomic E-state index is 5.87. The van der Waals surface area contributed by atoms with Crippen molar-refractivity contribution >= 4 is 0 Å². The van der Waals surface area contributed by atoms with E-state index < -0.39 is 0 Å². The first-order valence-corrected chi connectivity index (χ1v) is 7.40. The summed E-state index contributed by atoms with van der Waals surface area (Å²) in [5.74, 6) is 1.51. The molecule has 22 heavy (non-hydrogen) atoms. The van der Waals surface area contributed by atoms with Crippen LogP contribution >= 0.6 is 0 Å². The Hall–Kier alpha value is -2.26. The average molecular weight is 297 g/mol. The molecular weight excluding hydrogens is 274 g/mol. The molecule has 0 aliphatic rings. The summed E-state index contributed by atoms with van der Waals surface area (Å²) < 4.78 is 11.3. The van der Waals surface area contributed by atoms with Gasteiger partial charge in [0, 0.05) is 13.1 Å². The molecule has 0 bridgehead atoms. The summed E-state index contributed by atoms with van der Waals surface area (Å²) in [5.41, 5.74) is 3.54. The van der Waals surface area contributed by atoms with Crippen LogP contribution in [0.25, 0.3) is 0 Å². The highest BCUT2D eigenvalue weighted by atomic mass is 16.5. The summed E-state index contributed by atoms with van der Waals surface area (Å²) in [6.45, 7) is 7.86. The second-order valence-corrected chi connectivity index (χ2v) is 5.18. The highest BCUT2D eigenvalue weighted by Crippen LogP contribution is 2.28. The molecule has 0 saturated heterocycles. The number of nitrogens with one attached hydrogen (secondary N) is 1. The van der Waals surface area contributed by atoms with Crippen LogP contribution < -0.4 is 14.8 Å². The quantitative estimate of drug-likeness (QED) is 0.593. The van der Waals surface area contributed by atoms with E-state index in [1.165, 1.54) is 5.56 Å². The van der Waals surface area contributed by atoms with Gasteiger partial charge in [-0.25, -0.2) is 0 Å². The van der Waals surface area contributed by atoms with Crippen molar-refractivity contribution in [3.63, 3.8) is 0 Å². The van der Waals surface area contributed by atoms with Crippen molar-refractivity contribution in [1.82, 2.24) is 5.32 Å². The highest BCUT2D eigenvalue weighted by molar-refractivity contribution is 5.43. The van der Waals surface area contributed by atoms with Gasteiger partial charge in [0.25, 0.3) is 0 Å². The molecule has 1 N–H and O–H groups in total. The Morgan fingerprint density at radius 3 is 2.45 bits per heavy atom. The fraction of sp³-hybridized carbons (Fsp3) is 0.263. The van der Waals surface area contributed by atoms with Crippen molar-refractivity contribution in [2.45, 2.75) is 20.1 Å². The fourth-order valence-corrected chi connectivity index (χ4v) is 2.11. The number of ether oxygens (including phenoxy) is 2. The van der Waals surface area contributed by atoms with Crippen LogP contribution in [0.5, 0.6) is 11.5 Å². The summed E-state index contributed by atoms with van der Waals surface area (Å²) in [7, 11) is 1.66. The largest absolute Gasteiger partial charge is 0.493 e. The minimum absolute atomic E-state index is 0.532. The number of aryl methyl sites for hydroxylation is 1. The zero-order valence-electron chi connectivity index (χ0n) is 13.3. The number of methoxy groups -OCH3 is 1. The van der Waals surface area contributed by atoms with Crippen LogP contribution in [-0.4, -0.2) is 13.7 Å². The molecule has 3 nitrogen and oxygen atoms in total. The Labute approximate surface area is 132 Å². The molecule has 0 unspecified atom stereocenters. The highest BCUT2D eigenvalue weighted by Gasteiger charge is 2.06. The van der Waals surface area contributed by atoms with E-state index in [1.54, 1.807) is 7.11 Å². The van der Waals surface area contributed by atoms with Gasteiger partial charge in [0.1, 0.15) is 6.61 Å². The molecule has 2 aromatic carbocycles. The number of hydrogen-bond acceptors (Lipinski definition) is 3. The zero-order chi connectivity index (χ0) is 15.8. The molecule has 2 aromatic rings. The maximum Gasteiger partial charge on any atom is 0.161 e. The third-order valence-corrected chi connectivity index (χ3v) is 3.36. The third kappa shape index (κ3) is 4.64. The lowest BCUT2D eigenvalue weighted by atomic mass is 10.1. The molecule has 0 spiro atoms. The first-order chi connectivity index (χ1) is 10.7. The standard InChI is InChI=1S/C19H23NO2/c1-4-11-20-13-17-9-10-18(19(12-17)21-3)22-14-16-7-5-15(2)6-8-16/h4-10,12,20H,1,11,13-14H2,2-3H3. The molecule has 0 aliphatic heterocycles. The maximum atomic E-state index is 5.87. The molecule has 0 saturated carbocycles. The number of hydrogen-bond donors (Lipinski definition) is 1. The van der Waals surface area contributed by atoms with Crippen LogP contribution in [0.3, 0.4) is 0 Å². The van der Waals surface area contributed by atoms with Gasteiger partial charge in [-0.3, -0.25) is 0 Å². The lowest BCUT2D eigenvalue weighted by Gasteiger charge is -2.12. The van der Waals surface area contributed by atoms with Gasteiger partial charge in [-0.05, 0) is 30.2 Å². The van der Waals surface area contributed by atoms with Gasteiger partial charge in [-0.15, -0.1) is 6.58 Å². The Kier molecular flexibility index (Phi) is 6.04. The van der Waals surface area contributed by atoms with E-state index in [4.69, 9.17) is 9.47 Å². The summed E-state index contributed by atoms with van der Waals surface area (Å²) in [5, 5.41) is 3.27. The van der Waals surface area contributed by atoms with Crippen molar-refractivity contribution in [3.8, 4) is 11.5 Å². The van der Waals surface area contributed by atoms with Crippen molar-refractivity contribution in [1.29, 1.82) is 0 Å². The topological polar surface area (TPSA) is 30.5 Å². The Morgan fingerprint density at radius 2 is 1.77 bits per heavy atom. The average Bonchev–Trinajstić information content (AvgIpc) is 2.55. The summed E-state index contributed by atoms with van der Waals surface area (Å²) in [6.07, 6.45) is 1.84. The molecule has 116 valence electrons. The molecule has 0 heterocycles. The Morgan fingerprint density at radius 1 is 1.05 bits per heavy atom. The Bertz CT molecular complexity index is 605. The monoisotopic (exact) mass is 297 g/mol. The SMILES string of the molecule is C=CCNCc1ccc(OCc2ccc(C)cc2)c(OC)c1. The van der Waals surface area contributed by atoms with Crippen molar-refractivity contribution in [3.05, 3.63) is 71.8 Å². The summed E-state index contributed by atoms with van der Waals surface area (Å²) in [4.78, 5) is 0. The lowest BCUT2D eigenvalue weighted by molar-refractivity contribution is 0.284. The first-order valence-electron chi connectivity index (χ1n) is 7.40. The van der Waals surface area contributed by atoms with Gasteiger partial charge in [0.15, 0.2) is 11.5 Å². The molecule has 0 aliphatic carbocycles. The van der Waals surface area contributed by atoms with Crippen LogP contribution in [0.1, 0.15) is 16.7 Å². The third-order valence-electron chi connectivity index (χ3n) is 3.36. The normalized spacial score (nSPS) is 10.3. The molecule has 0 atom stereocenters. The van der Waals surface area contributed by atoms with E-state index in [1.807, 2.05) is 24.3 Å². The molecule has 2 rings (SSSR count). The molecule has 0 aromatic heterocycles. The molecule has 0 fully saturated rings. The van der Waals surface area contributed by atoms with E-state index in [9.17, 15) is 0 Å². The van der Waals surface area contributed by atoms with E-state index in [2.05, 4.69) is 43.1 Å². The summed E-state index contributed by atoms with van der Waals surface area (Å²) in [6, 6.07) is 14.3. The second kappa shape index (κ2) is 8.25. The van der Waals surface area contributed by atoms with Crippen LogP contribution in [0.2, 0.25) is 0 Å². The van der Waals surface area contributed by atoms with E-state index in [0.717, 1.165) is 35.7 Å². The van der Waals surface area contributed by atoms with Crippen LogP contribution in [0.4, 0.5) is 0 Å². The zero-order valence-corrected chi connectivity index (χ0v) is 13.3. The van der Waals surface area contributed by atoms with Gasteiger partial charge in [-0.2, -0.15) is 0 Å². The Balaban J connectivity index is 2.00. The number of benzene rings is 2. The second-order valence-electron chi connectivity index (χ2n) is 5.18. The first kappa shape index (κ1) is 16.1. The van der Waals surface area contributed by atoms with Crippen LogP contribution in [0.15, 0.2) is 55.1 Å². The summed E-state index contributed by atoms with van der Waals surface area (Å²) >= 11 is 0. The minimum Gasteiger partial charge on any atom is -0.493 e. The smallest absolute Gasteiger partial charge is 0.161 e. The lowest BCUT2D eigenvalue weighted by Crippen LogP contribution is -2.12. The van der Waals surface area contributed by atoms with Crippen molar-refractivity contribution in [2.75, 3.05) is 13.7 Å². The minimum atomic E-state index is 0.532. The predicted octanol–water partition coefficient (Wildman–Crippen LogP) is 3.86. The van der Waals surface area contributed by atoms with Crippen LogP contribution in [0, 0.1) is 6.92 Å². The van der Waals surface area contributed by atoms with E-state index in [0.29, 0.717) is 6.61 Å². The van der Waals surface area contributed by atoms with Crippen LogP contribution in [-0.2, 0) is 13.2 Å². The molecule has 0 radical (unpaired) electrons.